The standard InChI is InChI=1S/C10H19O6P/c1-4-14-17(13,15-5-2)10(3,12)8-6-7-9(11)16-8/h8,12H,4-7H2,1-3H3/t8-,10+/m1/s1. The Morgan fingerprint density at radius 2 is 2.00 bits per heavy atom. The fourth-order valence-corrected chi connectivity index (χ4v) is 3.54. The quantitative estimate of drug-likeness (QED) is 0.581. The molecule has 0 aromatic rings. The average molecular weight is 266 g/mol. The van der Waals surface area contributed by atoms with Crippen LogP contribution < -0.4 is 0 Å². The maximum atomic E-state index is 12.4. The largest absolute Gasteiger partial charge is 0.459 e. The molecule has 1 saturated heterocycles. The van der Waals surface area contributed by atoms with E-state index in [0.717, 1.165) is 0 Å². The molecule has 0 unspecified atom stereocenters. The highest BCUT2D eigenvalue weighted by Crippen LogP contribution is 2.61. The van der Waals surface area contributed by atoms with Gasteiger partial charge < -0.3 is 18.9 Å². The number of carbonyl (C=O) groups excluding carboxylic acids is 1. The number of aliphatic hydroxyl groups is 1. The Balaban J connectivity index is 2.91. The minimum atomic E-state index is -3.72. The van der Waals surface area contributed by atoms with Crippen LogP contribution in [0, 0.1) is 0 Å². The number of hydrogen-bond donors (Lipinski definition) is 1. The van der Waals surface area contributed by atoms with Gasteiger partial charge in [0.15, 0.2) is 0 Å². The van der Waals surface area contributed by atoms with Crippen LogP contribution in [0.4, 0.5) is 0 Å². The van der Waals surface area contributed by atoms with E-state index in [4.69, 9.17) is 13.8 Å². The molecule has 1 rings (SSSR count). The Labute approximate surface area is 101 Å². The molecule has 0 amide bonds. The van der Waals surface area contributed by atoms with E-state index in [1.807, 2.05) is 0 Å². The summed E-state index contributed by atoms with van der Waals surface area (Å²) in [6.45, 7) is 4.93. The maximum Gasteiger partial charge on any atom is 0.365 e. The molecular formula is C10H19O6P. The lowest BCUT2D eigenvalue weighted by molar-refractivity contribution is -0.147. The molecule has 7 heteroatoms. The van der Waals surface area contributed by atoms with Gasteiger partial charge in [-0.3, -0.25) is 9.36 Å². The fraction of sp³-hybridized carbons (Fsp3) is 0.900. The molecule has 100 valence electrons. The number of cyclic esters (lactones) is 1. The van der Waals surface area contributed by atoms with Gasteiger partial charge in [-0.15, -0.1) is 0 Å². The summed E-state index contributed by atoms with van der Waals surface area (Å²) in [7, 11) is -3.72. The highest BCUT2D eigenvalue weighted by atomic mass is 31.2. The van der Waals surface area contributed by atoms with E-state index in [-0.39, 0.29) is 19.6 Å². The van der Waals surface area contributed by atoms with E-state index in [9.17, 15) is 14.5 Å². The molecule has 0 bridgehead atoms. The molecule has 1 aliphatic heterocycles. The van der Waals surface area contributed by atoms with Crippen LogP contribution in [0.25, 0.3) is 0 Å². The van der Waals surface area contributed by atoms with Crippen LogP contribution in [0.2, 0.25) is 0 Å². The number of rotatable bonds is 6. The molecule has 17 heavy (non-hydrogen) atoms. The van der Waals surface area contributed by atoms with Crippen molar-refractivity contribution in [3.8, 4) is 0 Å². The molecule has 1 aliphatic rings. The second kappa shape index (κ2) is 5.48. The molecule has 0 radical (unpaired) electrons. The molecular weight excluding hydrogens is 247 g/mol. The van der Waals surface area contributed by atoms with Gasteiger partial charge in [-0.2, -0.15) is 0 Å². The summed E-state index contributed by atoms with van der Waals surface area (Å²) in [5.41, 5.74) is 0. The van der Waals surface area contributed by atoms with E-state index in [1.54, 1.807) is 13.8 Å². The van der Waals surface area contributed by atoms with E-state index in [2.05, 4.69) is 0 Å². The smallest absolute Gasteiger partial charge is 0.365 e. The molecule has 1 N–H and O–H groups in total. The summed E-state index contributed by atoms with van der Waals surface area (Å²) in [6.07, 6.45) is -0.325. The first-order valence-corrected chi connectivity index (χ1v) is 7.22. The molecule has 1 fully saturated rings. The number of carbonyl (C=O) groups is 1. The summed E-state index contributed by atoms with van der Waals surface area (Å²) in [5, 5.41) is 8.51. The van der Waals surface area contributed by atoms with Crippen molar-refractivity contribution >= 4 is 13.6 Å². The lowest BCUT2D eigenvalue weighted by Gasteiger charge is -2.34. The fourth-order valence-electron chi connectivity index (χ4n) is 1.73. The Morgan fingerprint density at radius 1 is 1.47 bits per heavy atom. The zero-order valence-electron chi connectivity index (χ0n) is 10.3. The van der Waals surface area contributed by atoms with Gasteiger partial charge in [0.1, 0.15) is 6.10 Å². The van der Waals surface area contributed by atoms with Crippen LogP contribution >= 0.6 is 7.60 Å². The monoisotopic (exact) mass is 266 g/mol. The first kappa shape index (κ1) is 14.6. The molecule has 0 saturated carbocycles. The SMILES string of the molecule is CCOP(=O)(OCC)[C@](C)(O)[C@H]1CCC(=O)O1. The van der Waals surface area contributed by atoms with E-state index < -0.39 is 25.0 Å². The average Bonchev–Trinajstić information content (AvgIpc) is 2.66. The van der Waals surface area contributed by atoms with Gasteiger partial charge in [0, 0.05) is 6.42 Å². The molecule has 1 heterocycles. The van der Waals surface area contributed by atoms with E-state index in [1.165, 1.54) is 6.92 Å². The van der Waals surface area contributed by atoms with Crippen molar-refractivity contribution in [1.29, 1.82) is 0 Å². The number of hydrogen-bond acceptors (Lipinski definition) is 6. The van der Waals surface area contributed by atoms with Crippen molar-refractivity contribution < 1.29 is 28.3 Å². The third-order valence-electron chi connectivity index (χ3n) is 2.65. The Kier molecular flexibility index (Phi) is 4.72. The van der Waals surface area contributed by atoms with E-state index in [0.29, 0.717) is 6.42 Å². The van der Waals surface area contributed by atoms with Crippen LogP contribution in [0.1, 0.15) is 33.6 Å². The predicted octanol–water partition coefficient (Wildman–Crippen LogP) is 1.67. The summed E-state index contributed by atoms with van der Waals surface area (Å²) in [4.78, 5) is 11.0. The van der Waals surface area contributed by atoms with Crippen molar-refractivity contribution in [3.05, 3.63) is 0 Å². The van der Waals surface area contributed by atoms with Crippen LogP contribution in [-0.2, 0) is 23.1 Å². The molecule has 6 nitrogen and oxygen atoms in total. The summed E-state index contributed by atoms with van der Waals surface area (Å²) < 4.78 is 27.5. The summed E-state index contributed by atoms with van der Waals surface area (Å²) >= 11 is 0. The highest BCUT2D eigenvalue weighted by Gasteiger charge is 2.54. The van der Waals surface area contributed by atoms with Crippen LogP contribution in [0.3, 0.4) is 0 Å². The second-order valence-electron chi connectivity index (χ2n) is 3.94. The van der Waals surface area contributed by atoms with Crippen molar-refractivity contribution in [2.24, 2.45) is 0 Å². The predicted molar refractivity (Wildman–Crippen MR) is 60.6 cm³/mol. The van der Waals surface area contributed by atoms with Crippen LogP contribution in [0.15, 0.2) is 0 Å². The van der Waals surface area contributed by atoms with Gasteiger partial charge in [-0.1, -0.05) is 0 Å². The summed E-state index contributed by atoms with van der Waals surface area (Å²) in [6, 6.07) is 0. The Bertz CT molecular complexity index is 317. The topological polar surface area (TPSA) is 82.1 Å². The molecule has 0 aliphatic carbocycles. The summed E-state index contributed by atoms with van der Waals surface area (Å²) in [5.74, 6) is -0.408. The van der Waals surface area contributed by atoms with E-state index >= 15 is 0 Å². The van der Waals surface area contributed by atoms with Crippen LogP contribution in [-0.4, -0.2) is 35.7 Å². The Hall–Kier alpha value is -0.420. The second-order valence-corrected chi connectivity index (χ2v) is 6.36. The Morgan fingerprint density at radius 3 is 2.35 bits per heavy atom. The third-order valence-corrected chi connectivity index (χ3v) is 5.24. The van der Waals surface area contributed by atoms with Gasteiger partial charge in [0.05, 0.1) is 13.2 Å². The van der Waals surface area contributed by atoms with Gasteiger partial charge >= 0.3 is 13.6 Å². The third kappa shape index (κ3) is 2.88. The van der Waals surface area contributed by atoms with Crippen molar-refractivity contribution in [2.45, 2.75) is 45.1 Å². The molecule has 0 aromatic heterocycles. The van der Waals surface area contributed by atoms with Crippen molar-refractivity contribution in [1.82, 2.24) is 0 Å². The van der Waals surface area contributed by atoms with Crippen molar-refractivity contribution in [2.75, 3.05) is 13.2 Å². The molecule has 2 atom stereocenters. The lowest BCUT2D eigenvalue weighted by Crippen LogP contribution is -2.40. The first-order valence-electron chi connectivity index (χ1n) is 5.68. The zero-order valence-corrected chi connectivity index (χ0v) is 11.2. The first-order chi connectivity index (χ1) is 7.87. The zero-order chi connectivity index (χ0) is 13.1. The molecule has 0 aromatic carbocycles. The number of ether oxygens (including phenoxy) is 1. The molecule has 0 spiro atoms. The maximum absolute atomic E-state index is 12.4. The minimum Gasteiger partial charge on any atom is -0.459 e. The minimum absolute atomic E-state index is 0.147. The lowest BCUT2D eigenvalue weighted by atomic mass is 10.1. The van der Waals surface area contributed by atoms with Gasteiger partial charge in [-0.05, 0) is 27.2 Å². The van der Waals surface area contributed by atoms with Crippen LogP contribution in [0.5, 0.6) is 0 Å². The number of esters is 1. The highest BCUT2D eigenvalue weighted by molar-refractivity contribution is 7.55. The van der Waals surface area contributed by atoms with Gasteiger partial charge in [0.2, 0.25) is 5.34 Å². The van der Waals surface area contributed by atoms with Gasteiger partial charge in [0.25, 0.3) is 0 Å². The van der Waals surface area contributed by atoms with Gasteiger partial charge in [-0.25, -0.2) is 0 Å². The normalized spacial score (nSPS) is 24.5. The van der Waals surface area contributed by atoms with Crippen molar-refractivity contribution in [3.63, 3.8) is 0 Å².